The van der Waals surface area contributed by atoms with Gasteiger partial charge in [-0.3, -0.25) is 0 Å². The summed E-state index contributed by atoms with van der Waals surface area (Å²) in [5.41, 5.74) is 3.38. The van der Waals surface area contributed by atoms with E-state index in [1.54, 1.807) is 0 Å². The first kappa shape index (κ1) is 15.6. The van der Waals surface area contributed by atoms with E-state index in [9.17, 15) is 0 Å². The van der Waals surface area contributed by atoms with E-state index in [0.717, 1.165) is 35.1 Å². The van der Waals surface area contributed by atoms with Crippen molar-refractivity contribution in [3.05, 3.63) is 66.2 Å². The Labute approximate surface area is 148 Å². The summed E-state index contributed by atoms with van der Waals surface area (Å²) < 4.78 is 0. The first-order chi connectivity index (χ1) is 12.3. The van der Waals surface area contributed by atoms with Crippen molar-refractivity contribution in [2.45, 2.75) is 32.2 Å². The maximum absolute atomic E-state index is 4.71. The number of rotatable bonds is 6. The zero-order chi connectivity index (χ0) is 17.1. The number of aromatic nitrogens is 2. The minimum atomic E-state index is 0.551. The van der Waals surface area contributed by atoms with Crippen LogP contribution in [0.1, 0.15) is 25.3 Å². The molecule has 0 atom stereocenters. The quantitative estimate of drug-likeness (QED) is 0.666. The fourth-order valence-corrected chi connectivity index (χ4v) is 2.71. The highest BCUT2D eigenvalue weighted by Crippen LogP contribution is 2.27. The topological polar surface area (TPSA) is 49.8 Å². The summed E-state index contributed by atoms with van der Waals surface area (Å²) >= 11 is 0. The first-order valence-corrected chi connectivity index (χ1v) is 8.87. The van der Waals surface area contributed by atoms with Crippen LogP contribution >= 0.6 is 0 Å². The molecular weight excluding hydrogens is 308 g/mol. The Kier molecular flexibility index (Phi) is 4.34. The van der Waals surface area contributed by atoms with Gasteiger partial charge in [-0.2, -0.15) is 0 Å². The van der Waals surface area contributed by atoms with E-state index in [0.29, 0.717) is 6.04 Å². The Balaban J connectivity index is 1.64. The van der Waals surface area contributed by atoms with Crippen LogP contribution in [0.25, 0.3) is 11.4 Å². The largest absolute Gasteiger partial charge is 0.367 e. The van der Waals surface area contributed by atoms with E-state index >= 15 is 0 Å². The lowest BCUT2D eigenvalue weighted by Crippen LogP contribution is -2.06. The molecule has 4 nitrogen and oxygen atoms in total. The second-order valence-electron chi connectivity index (χ2n) is 6.42. The van der Waals surface area contributed by atoms with Crippen molar-refractivity contribution in [1.29, 1.82) is 0 Å². The third-order valence-corrected chi connectivity index (χ3v) is 4.32. The standard InChI is InChI=1S/C21H22N4/c1-2-15-8-10-17(11-9-15)22-19-14-20(23-18-12-13-18)25-21(24-19)16-6-4-3-5-7-16/h3-11,14,18H,2,12-13H2,1H3,(H2,22,23,24,25). The van der Waals surface area contributed by atoms with Crippen LogP contribution in [0.2, 0.25) is 0 Å². The Morgan fingerprint density at radius 2 is 1.64 bits per heavy atom. The molecule has 0 saturated heterocycles. The molecule has 0 unspecified atom stereocenters. The fourth-order valence-electron chi connectivity index (χ4n) is 2.71. The average Bonchev–Trinajstić information content (AvgIpc) is 3.47. The summed E-state index contributed by atoms with van der Waals surface area (Å²) in [5.74, 6) is 2.42. The number of anilines is 3. The van der Waals surface area contributed by atoms with Crippen LogP contribution in [-0.2, 0) is 6.42 Å². The number of nitrogens with one attached hydrogen (secondary N) is 2. The predicted molar refractivity (Wildman–Crippen MR) is 103 cm³/mol. The Bertz CT molecular complexity index is 840. The normalized spacial score (nSPS) is 13.5. The molecule has 2 aromatic carbocycles. The summed E-state index contributed by atoms with van der Waals surface area (Å²) in [4.78, 5) is 9.40. The molecular formula is C21H22N4. The first-order valence-electron chi connectivity index (χ1n) is 8.87. The SMILES string of the molecule is CCc1ccc(Nc2cc(NC3CC3)nc(-c3ccccc3)n2)cc1. The van der Waals surface area contributed by atoms with Crippen molar-refractivity contribution in [3.63, 3.8) is 0 Å². The summed E-state index contributed by atoms with van der Waals surface area (Å²) in [5, 5.41) is 6.89. The Morgan fingerprint density at radius 3 is 2.32 bits per heavy atom. The van der Waals surface area contributed by atoms with Crippen LogP contribution in [0.5, 0.6) is 0 Å². The van der Waals surface area contributed by atoms with E-state index < -0.39 is 0 Å². The molecule has 1 aliphatic rings. The van der Waals surface area contributed by atoms with Crippen LogP contribution < -0.4 is 10.6 Å². The molecule has 1 fully saturated rings. The van der Waals surface area contributed by atoms with Crippen LogP contribution in [0.3, 0.4) is 0 Å². The minimum absolute atomic E-state index is 0.551. The molecule has 1 aliphatic carbocycles. The van der Waals surface area contributed by atoms with Crippen LogP contribution in [0, 0.1) is 0 Å². The molecule has 0 spiro atoms. The summed E-state index contributed by atoms with van der Waals surface area (Å²) in [6.07, 6.45) is 3.47. The van der Waals surface area contributed by atoms with Crippen molar-refractivity contribution in [2.24, 2.45) is 0 Å². The highest BCUT2D eigenvalue weighted by molar-refractivity contribution is 5.65. The monoisotopic (exact) mass is 330 g/mol. The molecule has 25 heavy (non-hydrogen) atoms. The van der Waals surface area contributed by atoms with Gasteiger partial charge >= 0.3 is 0 Å². The number of nitrogens with zero attached hydrogens (tertiary/aromatic N) is 2. The van der Waals surface area contributed by atoms with Crippen LogP contribution in [0.15, 0.2) is 60.7 Å². The number of benzene rings is 2. The van der Waals surface area contributed by atoms with E-state index in [-0.39, 0.29) is 0 Å². The lowest BCUT2D eigenvalue weighted by atomic mass is 10.1. The van der Waals surface area contributed by atoms with Gasteiger partial charge in [0.25, 0.3) is 0 Å². The molecule has 4 rings (SSSR count). The number of hydrogen-bond donors (Lipinski definition) is 2. The van der Waals surface area contributed by atoms with Gasteiger partial charge in [0.05, 0.1) is 0 Å². The number of aryl methyl sites for hydroxylation is 1. The highest BCUT2D eigenvalue weighted by Gasteiger charge is 2.22. The molecule has 0 bridgehead atoms. The van der Waals surface area contributed by atoms with E-state index in [4.69, 9.17) is 9.97 Å². The molecule has 3 aromatic rings. The zero-order valence-corrected chi connectivity index (χ0v) is 14.4. The summed E-state index contributed by atoms with van der Waals surface area (Å²) in [6.45, 7) is 2.16. The van der Waals surface area contributed by atoms with Gasteiger partial charge in [0.2, 0.25) is 0 Å². The minimum Gasteiger partial charge on any atom is -0.367 e. The molecule has 4 heteroatoms. The van der Waals surface area contributed by atoms with E-state index in [1.165, 1.54) is 18.4 Å². The van der Waals surface area contributed by atoms with Crippen molar-refractivity contribution in [1.82, 2.24) is 9.97 Å². The molecule has 1 aromatic heterocycles. The molecule has 0 aliphatic heterocycles. The second kappa shape index (κ2) is 6.93. The molecule has 2 N–H and O–H groups in total. The summed E-state index contributed by atoms with van der Waals surface area (Å²) in [7, 11) is 0. The molecule has 126 valence electrons. The van der Waals surface area contributed by atoms with Crippen molar-refractivity contribution < 1.29 is 0 Å². The van der Waals surface area contributed by atoms with Gasteiger partial charge in [0, 0.05) is 23.4 Å². The molecule has 1 heterocycles. The average molecular weight is 330 g/mol. The van der Waals surface area contributed by atoms with E-state index in [1.807, 2.05) is 36.4 Å². The Morgan fingerprint density at radius 1 is 0.920 bits per heavy atom. The summed E-state index contributed by atoms with van der Waals surface area (Å²) in [6, 6.07) is 21.1. The smallest absolute Gasteiger partial charge is 0.163 e. The van der Waals surface area contributed by atoms with Crippen LogP contribution in [0.4, 0.5) is 17.3 Å². The van der Waals surface area contributed by atoms with Gasteiger partial charge < -0.3 is 10.6 Å². The van der Waals surface area contributed by atoms with Gasteiger partial charge in [-0.05, 0) is 37.0 Å². The van der Waals surface area contributed by atoms with Crippen molar-refractivity contribution >= 4 is 17.3 Å². The maximum Gasteiger partial charge on any atom is 0.163 e. The van der Waals surface area contributed by atoms with Crippen molar-refractivity contribution in [2.75, 3.05) is 10.6 Å². The van der Waals surface area contributed by atoms with Crippen LogP contribution in [-0.4, -0.2) is 16.0 Å². The molecule has 0 radical (unpaired) electrons. The molecule has 0 amide bonds. The fraction of sp³-hybridized carbons (Fsp3) is 0.238. The third kappa shape index (κ3) is 3.97. The Hall–Kier alpha value is -2.88. The third-order valence-electron chi connectivity index (χ3n) is 4.32. The predicted octanol–water partition coefficient (Wildman–Crippen LogP) is 5.02. The van der Waals surface area contributed by atoms with Crippen molar-refractivity contribution in [3.8, 4) is 11.4 Å². The van der Waals surface area contributed by atoms with Gasteiger partial charge in [0.1, 0.15) is 11.6 Å². The van der Waals surface area contributed by atoms with Gasteiger partial charge in [-0.15, -0.1) is 0 Å². The second-order valence-corrected chi connectivity index (χ2v) is 6.42. The zero-order valence-electron chi connectivity index (χ0n) is 14.4. The van der Waals surface area contributed by atoms with Gasteiger partial charge in [0.15, 0.2) is 5.82 Å². The number of hydrogen-bond acceptors (Lipinski definition) is 4. The lowest BCUT2D eigenvalue weighted by Gasteiger charge is -2.11. The van der Waals surface area contributed by atoms with Gasteiger partial charge in [-0.1, -0.05) is 49.4 Å². The van der Waals surface area contributed by atoms with Gasteiger partial charge in [-0.25, -0.2) is 9.97 Å². The van der Waals surface area contributed by atoms with E-state index in [2.05, 4.69) is 41.8 Å². The highest BCUT2D eigenvalue weighted by atomic mass is 15.1. The maximum atomic E-state index is 4.71. The lowest BCUT2D eigenvalue weighted by molar-refractivity contribution is 1.09. The molecule has 1 saturated carbocycles.